The molecule has 106 valence electrons. The van der Waals surface area contributed by atoms with Gasteiger partial charge in [0.2, 0.25) is 11.1 Å². The summed E-state index contributed by atoms with van der Waals surface area (Å²) in [6.07, 6.45) is 1.81. The summed E-state index contributed by atoms with van der Waals surface area (Å²) in [6, 6.07) is 1.99. The predicted molar refractivity (Wildman–Crippen MR) is 76.7 cm³/mol. The van der Waals surface area contributed by atoms with Crippen LogP contribution < -0.4 is 5.32 Å². The lowest BCUT2D eigenvalue weighted by molar-refractivity contribution is -0.122. The van der Waals surface area contributed by atoms with Crippen molar-refractivity contribution in [3.05, 3.63) is 17.5 Å². The molecule has 0 saturated carbocycles. The van der Waals surface area contributed by atoms with Crippen LogP contribution in [0.3, 0.4) is 0 Å². The van der Waals surface area contributed by atoms with Gasteiger partial charge in [-0.05, 0) is 32.8 Å². The van der Waals surface area contributed by atoms with E-state index in [0.717, 1.165) is 41.7 Å². The Bertz CT molecular complexity index is 653. The highest BCUT2D eigenvalue weighted by molar-refractivity contribution is 7.99. The van der Waals surface area contributed by atoms with Crippen molar-refractivity contribution in [1.29, 1.82) is 0 Å². The molecule has 0 aliphatic carbocycles. The molecule has 1 N–H and O–H groups in total. The lowest BCUT2D eigenvalue weighted by Crippen LogP contribution is -2.19. The van der Waals surface area contributed by atoms with Gasteiger partial charge in [0, 0.05) is 29.6 Å². The number of hydrogen-bond donors (Lipinski definition) is 1. The fraction of sp³-hybridized carbons (Fsp3) is 0.538. The minimum Gasteiger partial charge on any atom is -0.356 e. The van der Waals surface area contributed by atoms with E-state index in [9.17, 15) is 4.79 Å². The lowest BCUT2D eigenvalue weighted by atomic mass is 10.1. The third-order valence-electron chi connectivity index (χ3n) is 3.46. The number of rotatable bonds is 4. The molecule has 3 rings (SSSR count). The van der Waals surface area contributed by atoms with Gasteiger partial charge in [-0.15, -0.1) is 5.10 Å². The zero-order valence-electron chi connectivity index (χ0n) is 11.6. The molecule has 1 unspecified atom stereocenters. The minimum atomic E-state index is 0.154. The smallest absolute Gasteiger partial charge is 0.253 e. The highest BCUT2D eigenvalue weighted by atomic mass is 32.2. The van der Waals surface area contributed by atoms with Gasteiger partial charge in [-0.1, -0.05) is 11.8 Å². The number of nitrogens with zero attached hydrogens (tertiary/aromatic N) is 4. The third kappa shape index (κ3) is 2.63. The Labute approximate surface area is 121 Å². The van der Waals surface area contributed by atoms with Crippen LogP contribution in [0, 0.1) is 19.8 Å². The van der Waals surface area contributed by atoms with E-state index in [4.69, 9.17) is 0 Å². The van der Waals surface area contributed by atoms with Crippen molar-refractivity contribution in [3.63, 3.8) is 0 Å². The highest BCUT2D eigenvalue weighted by Crippen LogP contribution is 2.21. The lowest BCUT2D eigenvalue weighted by Gasteiger charge is -2.03. The first-order valence-electron chi connectivity index (χ1n) is 6.75. The Morgan fingerprint density at radius 1 is 1.45 bits per heavy atom. The van der Waals surface area contributed by atoms with Gasteiger partial charge in [0.25, 0.3) is 5.78 Å². The molecule has 0 aromatic carbocycles. The van der Waals surface area contributed by atoms with Crippen LogP contribution in [0.1, 0.15) is 24.2 Å². The summed E-state index contributed by atoms with van der Waals surface area (Å²) in [5.41, 5.74) is 1.98. The van der Waals surface area contributed by atoms with E-state index < -0.39 is 0 Å². The Kier molecular flexibility index (Phi) is 3.60. The number of amides is 1. The van der Waals surface area contributed by atoms with Crippen LogP contribution in [0.25, 0.3) is 5.78 Å². The van der Waals surface area contributed by atoms with Gasteiger partial charge < -0.3 is 5.32 Å². The van der Waals surface area contributed by atoms with E-state index in [1.54, 1.807) is 16.3 Å². The number of nitrogens with one attached hydrogen (secondary N) is 1. The number of aromatic nitrogens is 4. The molecule has 20 heavy (non-hydrogen) atoms. The van der Waals surface area contributed by atoms with Crippen molar-refractivity contribution in [2.75, 3.05) is 12.3 Å². The molecule has 2 aromatic rings. The van der Waals surface area contributed by atoms with Crippen LogP contribution >= 0.6 is 11.8 Å². The number of aryl methyl sites for hydroxylation is 2. The molecule has 1 aliphatic heterocycles. The minimum absolute atomic E-state index is 0.154. The average Bonchev–Trinajstić information content (AvgIpc) is 2.96. The van der Waals surface area contributed by atoms with Gasteiger partial charge in [-0.3, -0.25) is 4.79 Å². The van der Waals surface area contributed by atoms with Crippen LogP contribution in [0.15, 0.2) is 11.2 Å². The molecular formula is C13H17N5OS. The molecule has 3 heterocycles. The predicted octanol–water partition coefficient (Wildman–Crippen LogP) is 1.36. The van der Waals surface area contributed by atoms with Crippen LogP contribution in [-0.2, 0) is 4.79 Å². The van der Waals surface area contributed by atoms with Crippen LogP contribution in [-0.4, -0.2) is 37.8 Å². The number of carbonyl (C=O) groups is 1. The van der Waals surface area contributed by atoms with E-state index in [1.807, 2.05) is 19.9 Å². The van der Waals surface area contributed by atoms with Gasteiger partial charge >= 0.3 is 0 Å². The molecule has 1 atom stereocenters. The second-order valence-corrected chi connectivity index (χ2v) is 6.12. The second kappa shape index (κ2) is 5.40. The average molecular weight is 291 g/mol. The summed E-state index contributed by atoms with van der Waals surface area (Å²) < 4.78 is 1.76. The standard InChI is InChI=1S/C13H17N5OS/c1-8-7-9(2)18-12(15-8)16-13(17-18)20-6-4-10-3-5-14-11(10)19/h7,10H,3-6H2,1-2H3,(H,14,19). The molecule has 0 spiro atoms. The number of hydrogen-bond acceptors (Lipinski definition) is 5. The Balaban J connectivity index is 1.66. The van der Waals surface area contributed by atoms with Crippen molar-refractivity contribution >= 4 is 23.4 Å². The Hall–Kier alpha value is -1.63. The second-order valence-electron chi connectivity index (χ2n) is 5.06. The summed E-state index contributed by atoms with van der Waals surface area (Å²) in [5.74, 6) is 1.83. The summed E-state index contributed by atoms with van der Waals surface area (Å²) in [4.78, 5) is 20.3. The van der Waals surface area contributed by atoms with Crippen molar-refractivity contribution in [3.8, 4) is 0 Å². The van der Waals surface area contributed by atoms with Crippen molar-refractivity contribution < 1.29 is 4.79 Å². The molecular weight excluding hydrogens is 274 g/mol. The summed E-state index contributed by atoms with van der Waals surface area (Å²) in [5, 5.41) is 8.03. The molecule has 0 bridgehead atoms. The van der Waals surface area contributed by atoms with Gasteiger partial charge in [0.05, 0.1) is 0 Å². The van der Waals surface area contributed by atoms with E-state index in [-0.39, 0.29) is 11.8 Å². The molecule has 0 radical (unpaired) electrons. The van der Waals surface area contributed by atoms with Crippen LogP contribution in [0.5, 0.6) is 0 Å². The maximum Gasteiger partial charge on any atom is 0.253 e. The highest BCUT2D eigenvalue weighted by Gasteiger charge is 2.23. The van der Waals surface area contributed by atoms with Gasteiger partial charge in [0.15, 0.2) is 0 Å². The van der Waals surface area contributed by atoms with Crippen molar-refractivity contribution in [1.82, 2.24) is 24.9 Å². The zero-order valence-corrected chi connectivity index (χ0v) is 12.4. The van der Waals surface area contributed by atoms with Crippen molar-refractivity contribution in [2.45, 2.75) is 31.8 Å². The normalized spacial score (nSPS) is 18.7. The molecule has 6 nitrogen and oxygen atoms in total. The summed E-state index contributed by atoms with van der Waals surface area (Å²) in [6.45, 7) is 4.75. The van der Waals surface area contributed by atoms with E-state index >= 15 is 0 Å². The summed E-state index contributed by atoms with van der Waals surface area (Å²) >= 11 is 1.59. The maximum absolute atomic E-state index is 11.5. The Morgan fingerprint density at radius 2 is 2.30 bits per heavy atom. The molecule has 1 amide bonds. The molecule has 1 saturated heterocycles. The van der Waals surface area contributed by atoms with Gasteiger partial charge in [-0.25, -0.2) is 9.50 Å². The molecule has 2 aromatic heterocycles. The first kappa shape index (κ1) is 13.4. The quantitative estimate of drug-likeness (QED) is 0.861. The fourth-order valence-electron chi connectivity index (χ4n) is 2.42. The molecule has 7 heteroatoms. The molecule has 1 aliphatic rings. The van der Waals surface area contributed by atoms with Gasteiger partial charge in [-0.2, -0.15) is 4.98 Å². The molecule has 1 fully saturated rings. The fourth-order valence-corrected chi connectivity index (χ4v) is 3.29. The zero-order chi connectivity index (χ0) is 14.1. The van der Waals surface area contributed by atoms with Gasteiger partial charge in [0.1, 0.15) is 0 Å². The first-order chi connectivity index (χ1) is 9.63. The largest absolute Gasteiger partial charge is 0.356 e. The van der Waals surface area contributed by atoms with Crippen molar-refractivity contribution in [2.24, 2.45) is 5.92 Å². The number of fused-ring (bicyclic) bond motifs is 1. The first-order valence-corrected chi connectivity index (χ1v) is 7.73. The van der Waals surface area contributed by atoms with Crippen LogP contribution in [0.2, 0.25) is 0 Å². The third-order valence-corrected chi connectivity index (χ3v) is 4.33. The SMILES string of the molecule is Cc1cc(C)n2nc(SCCC3CCNC3=O)nc2n1. The Morgan fingerprint density at radius 3 is 3.05 bits per heavy atom. The van der Waals surface area contributed by atoms with E-state index in [0.29, 0.717) is 5.78 Å². The number of carbonyl (C=O) groups excluding carboxylic acids is 1. The summed E-state index contributed by atoms with van der Waals surface area (Å²) in [7, 11) is 0. The van der Waals surface area contributed by atoms with E-state index in [2.05, 4.69) is 20.4 Å². The van der Waals surface area contributed by atoms with Crippen LogP contribution in [0.4, 0.5) is 0 Å². The monoisotopic (exact) mass is 291 g/mol. The van der Waals surface area contributed by atoms with E-state index in [1.165, 1.54) is 0 Å². The topological polar surface area (TPSA) is 72.2 Å². The number of thioether (sulfide) groups is 1. The maximum atomic E-state index is 11.5.